The third-order valence-electron chi connectivity index (χ3n) is 1.81. The van der Waals surface area contributed by atoms with E-state index in [-0.39, 0.29) is 17.0 Å². The van der Waals surface area contributed by atoms with Crippen LogP contribution in [-0.2, 0) is 4.79 Å². The average Bonchev–Trinajstić information content (AvgIpc) is 1.89. The number of aliphatic carboxylic acids is 1. The maximum atomic E-state index is 10.5. The summed E-state index contributed by atoms with van der Waals surface area (Å²) in [7, 11) is 0. The van der Waals surface area contributed by atoms with Gasteiger partial charge in [0.2, 0.25) is 0 Å². The van der Waals surface area contributed by atoms with Crippen molar-refractivity contribution in [2.24, 2.45) is 5.73 Å². The van der Waals surface area contributed by atoms with Gasteiger partial charge in [-0.25, -0.2) is 0 Å². The predicted octanol–water partition coefficient (Wildman–Crippen LogP) is 0.873. The summed E-state index contributed by atoms with van der Waals surface area (Å²) in [6.07, 6.45) is 1.21. The largest absolute Gasteiger partial charge is 0.480 e. The molecular formula is C6H12BrNO2S. The SMILES string of the molecule is Br.NC1(C(=O)O)CCSCC1. The van der Waals surface area contributed by atoms with Gasteiger partial charge in [0.25, 0.3) is 0 Å². The van der Waals surface area contributed by atoms with Gasteiger partial charge in [-0.3, -0.25) is 4.79 Å². The summed E-state index contributed by atoms with van der Waals surface area (Å²) in [5.41, 5.74) is 4.66. The Hall–Kier alpha value is 0.260. The number of rotatable bonds is 1. The molecule has 0 amide bonds. The van der Waals surface area contributed by atoms with Gasteiger partial charge in [-0.1, -0.05) is 0 Å². The van der Waals surface area contributed by atoms with E-state index in [0.717, 1.165) is 11.5 Å². The van der Waals surface area contributed by atoms with Crippen molar-refractivity contribution in [3.63, 3.8) is 0 Å². The summed E-state index contributed by atoms with van der Waals surface area (Å²) in [5, 5.41) is 8.66. The van der Waals surface area contributed by atoms with Crippen LogP contribution in [0.25, 0.3) is 0 Å². The van der Waals surface area contributed by atoms with Gasteiger partial charge in [0, 0.05) is 0 Å². The minimum Gasteiger partial charge on any atom is -0.480 e. The molecule has 0 saturated carbocycles. The molecule has 0 aliphatic carbocycles. The maximum absolute atomic E-state index is 10.5. The van der Waals surface area contributed by atoms with Crippen LogP contribution in [0.3, 0.4) is 0 Å². The number of carboxylic acid groups (broad SMARTS) is 1. The van der Waals surface area contributed by atoms with Crippen LogP contribution >= 0.6 is 28.7 Å². The van der Waals surface area contributed by atoms with Crippen LogP contribution in [0.4, 0.5) is 0 Å². The first-order valence-corrected chi connectivity index (χ1v) is 4.41. The third-order valence-corrected chi connectivity index (χ3v) is 2.80. The fourth-order valence-electron chi connectivity index (χ4n) is 0.950. The lowest BCUT2D eigenvalue weighted by Crippen LogP contribution is -2.50. The molecule has 0 spiro atoms. The lowest BCUT2D eigenvalue weighted by molar-refractivity contribution is -0.143. The van der Waals surface area contributed by atoms with Gasteiger partial charge >= 0.3 is 5.97 Å². The molecule has 1 fully saturated rings. The topological polar surface area (TPSA) is 63.3 Å². The number of thioether (sulfide) groups is 1. The van der Waals surface area contributed by atoms with Crippen LogP contribution in [0.1, 0.15) is 12.8 Å². The van der Waals surface area contributed by atoms with E-state index in [0.29, 0.717) is 12.8 Å². The molecule has 0 atom stereocenters. The molecule has 0 aromatic heterocycles. The van der Waals surface area contributed by atoms with Gasteiger partial charge in [0.15, 0.2) is 0 Å². The van der Waals surface area contributed by atoms with Gasteiger partial charge in [0.05, 0.1) is 0 Å². The fraction of sp³-hybridized carbons (Fsp3) is 0.833. The molecule has 5 heteroatoms. The Labute approximate surface area is 80.5 Å². The Morgan fingerprint density at radius 2 is 1.91 bits per heavy atom. The van der Waals surface area contributed by atoms with E-state index in [2.05, 4.69) is 0 Å². The second-order valence-electron chi connectivity index (χ2n) is 2.57. The predicted molar refractivity (Wildman–Crippen MR) is 51.4 cm³/mol. The number of hydrogen-bond donors (Lipinski definition) is 2. The maximum Gasteiger partial charge on any atom is 0.323 e. The summed E-state index contributed by atoms with van der Waals surface area (Å²) < 4.78 is 0. The third kappa shape index (κ3) is 2.65. The Morgan fingerprint density at radius 1 is 1.45 bits per heavy atom. The highest BCUT2D eigenvalue weighted by atomic mass is 79.9. The molecule has 1 saturated heterocycles. The highest BCUT2D eigenvalue weighted by Crippen LogP contribution is 2.24. The number of nitrogens with two attached hydrogens (primary N) is 1. The lowest BCUT2D eigenvalue weighted by Gasteiger charge is -2.28. The molecule has 1 aliphatic heterocycles. The zero-order chi connectivity index (χ0) is 7.61. The Kier molecular flexibility index (Phi) is 4.43. The van der Waals surface area contributed by atoms with E-state index in [4.69, 9.17) is 10.8 Å². The van der Waals surface area contributed by atoms with Crippen molar-refractivity contribution in [2.45, 2.75) is 18.4 Å². The molecule has 0 aromatic rings. The molecule has 3 nitrogen and oxygen atoms in total. The van der Waals surface area contributed by atoms with Gasteiger partial charge in [-0.05, 0) is 24.3 Å². The first-order valence-electron chi connectivity index (χ1n) is 3.25. The van der Waals surface area contributed by atoms with Gasteiger partial charge in [0.1, 0.15) is 5.54 Å². The van der Waals surface area contributed by atoms with Gasteiger partial charge in [-0.15, -0.1) is 17.0 Å². The second kappa shape index (κ2) is 4.33. The van der Waals surface area contributed by atoms with Crippen LogP contribution in [-0.4, -0.2) is 28.1 Å². The normalized spacial score (nSPS) is 21.9. The zero-order valence-electron chi connectivity index (χ0n) is 6.08. The molecule has 0 radical (unpaired) electrons. The van der Waals surface area contributed by atoms with Crippen LogP contribution in [0.2, 0.25) is 0 Å². The van der Waals surface area contributed by atoms with Crippen molar-refractivity contribution >= 4 is 34.7 Å². The second-order valence-corrected chi connectivity index (χ2v) is 3.80. The number of carboxylic acids is 1. The summed E-state index contributed by atoms with van der Waals surface area (Å²) in [6.45, 7) is 0. The summed E-state index contributed by atoms with van der Waals surface area (Å²) in [6, 6.07) is 0. The minimum atomic E-state index is -0.925. The molecule has 66 valence electrons. The highest BCUT2D eigenvalue weighted by Gasteiger charge is 2.35. The van der Waals surface area contributed by atoms with Crippen LogP contribution in [0.5, 0.6) is 0 Å². The number of hydrogen-bond acceptors (Lipinski definition) is 3. The molecule has 0 aromatic carbocycles. The number of carbonyl (C=O) groups is 1. The van der Waals surface area contributed by atoms with Gasteiger partial charge < -0.3 is 10.8 Å². The molecule has 0 bridgehead atoms. The Bertz CT molecular complexity index is 148. The monoisotopic (exact) mass is 241 g/mol. The van der Waals surface area contributed by atoms with E-state index in [9.17, 15) is 4.79 Å². The summed E-state index contributed by atoms with van der Waals surface area (Å²) in [5.74, 6) is 0.902. The zero-order valence-corrected chi connectivity index (χ0v) is 8.61. The molecule has 0 unspecified atom stereocenters. The quantitative estimate of drug-likeness (QED) is 0.716. The van der Waals surface area contributed by atoms with Crippen molar-refractivity contribution in [2.75, 3.05) is 11.5 Å². The van der Waals surface area contributed by atoms with E-state index in [1.54, 1.807) is 11.8 Å². The van der Waals surface area contributed by atoms with E-state index >= 15 is 0 Å². The smallest absolute Gasteiger partial charge is 0.323 e. The van der Waals surface area contributed by atoms with Gasteiger partial charge in [-0.2, -0.15) is 11.8 Å². The summed E-state index contributed by atoms with van der Waals surface area (Å²) >= 11 is 1.77. The molecular weight excluding hydrogens is 230 g/mol. The van der Waals surface area contributed by atoms with E-state index in [1.165, 1.54) is 0 Å². The molecule has 1 heterocycles. The fourth-order valence-corrected chi connectivity index (χ4v) is 2.17. The van der Waals surface area contributed by atoms with Crippen LogP contribution in [0, 0.1) is 0 Å². The summed E-state index contributed by atoms with van der Waals surface area (Å²) in [4.78, 5) is 10.5. The highest BCUT2D eigenvalue weighted by molar-refractivity contribution is 8.93. The lowest BCUT2D eigenvalue weighted by atomic mass is 9.94. The Balaban J connectivity index is 0.000001000. The van der Waals surface area contributed by atoms with Crippen molar-refractivity contribution in [3.8, 4) is 0 Å². The molecule has 11 heavy (non-hydrogen) atoms. The van der Waals surface area contributed by atoms with Crippen molar-refractivity contribution in [1.29, 1.82) is 0 Å². The van der Waals surface area contributed by atoms with Crippen LogP contribution < -0.4 is 5.73 Å². The van der Waals surface area contributed by atoms with Crippen molar-refractivity contribution in [3.05, 3.63) is 0 Å². The molecule has 1 rings (SSSR count). The first-order chi connectivity index (χ1) is 4.65. The minimum absolute atomic E-state index is 0. The van der Waals surface area contributed by atoms with Crippen LogP contribution in [0.15, 0.2) is 0 Å². The molecule has 3 N–H and O–H groups in total. The first kappa shape index (κ1) is 11.3. The average molecular weight is 242 g/mol. The van der Waals surface area contributed by atoms with Crippen molar-refractivity contribution in [1.82, 2.24) is 0 Å². The standard InChI is InChI=1S/C6H11NO2S.BrH/c7-6(5(8)9)1-3-10-4-2-6;/h1-4,7H2,(H,8,9);1H. The van der Waals surface area contributed by atoms with E-state index < -0.39 is 11.5 Å². The Morgan fingerprint density at radius 3 is 2.18 bits per heavy atom. The van der Waals surface area contributed by atoms with E-state index in [1.807, 2.05) is 0 Å². The number of halogens is 1. The van der Waals surface area contributed by atoms with Crippen molar-refractivity contribution < 1.29 is 9.90 Å². The molecule has 1 aliphatic rings.